The molecule has 156 valence electrons. The molecule has 1 N–H and O–H groups in total. The monoisotopic (exact) mass is 404 g/mol. The molecule has 1 aliphatic carbocycles. The molecule has 1 aliphatic heterocycles. The summed E-state index contributed by atoms with van der Waals surface area (Å²) < 4.78 is 12.7. The quantitative estimate of drug-likeness (QED) is 0.543. The number of benzene rings is 2. The van der Waals surface area contributed by atoms with Gasteiger partial charge >= 0.3 is 5.97 Å². The lowest BCUT2D eigenvalue weighted by atomic mass is 9.72. The van der Waals surface area contributed by atoms with Crippen molar-refractivity contribution in [3.05, 3.63) is 53.1 Å². The van der Waals surface area contributed by atoms with Gasteiger partial charge in [-0.3, -0.25) is 4.79 Å². The van der Waals surface area contributed by atoms with Crippen molar-refractivity contribution in [1.29, 1.82) is 0 Å². The molecule has 1 aromatic heterocycles. The van der Waals surface area contributed by atoms with Gasteiger partial charge < -0.3 is 14.3 Å². The summed E-state index contributed by atoms with van der Waals surface area (Å²) in [4.78, 5) is 11.0. The van der Waals surface area contributed by atoms with Gasteiger partial charge in [0.15, 0.2) is 0 Å². The lowest BCUT2D eigenvalue weighted by Gasteiger charge is -2.43. The van der Waals surface area contributed by atoms with Crippen LogP contribution in [0, 0.1) is 0 Å². The third kappa shape index (κ3) is 3.38. The van der Waals surface area contributed by atoms with Crippen LogP contribution >= 0.6 is 0 Å². The molecule has 1 saturated carbocycles. The highest BCUT2D eigenvalue weighted by Crippen LogP contribution is 2.53. The molecule has 5 rings (SSSR count). The number of ether oxygens (including phenoxy) is 1. The van der Waals surface area contributed by atoms with Gasteiger partial charge in [-0.25, -0.2) is 0 Å². The van der Waals surface area contributed by atoms with Gasteiger partial charge in [0, 0.05) is 16.5 Å². The highest BCUT2D eigenvalue weighted by Gasteiger charge is 2.42. The Morgan fingerprint density at radius 2 is 1.87 bits per heavy atom. The normalized spacial score (nSPS) is 19.3. The minimum absolute atomic E-state index is 0.0113. The number of furan rings is 1. The molecule has 0 amide bonds. The van der Waals surface area contributed by atoms with Crippen LogP contribution in [-0.4, -0.2) is 16.7 Å². The molecular formula is C26H28O4. The van der Waals surface area contributed by atoms with Crippen LogP contribution in [0.5, 0.6) is 5.75 Å². The summed E-state index contributed by atoms with van der Waals surface area (Å²) in [5.74, 6) is 1.63. The highest BCUT2D eigenvalue weighted by molar-refractivity contribution is 5.85. The zero-order valence-corrected chi connectivity index (χ0v) is 18.0. The van der Waals surface area contributed by atoms with Crippen LogP contribution in [-0.2, 0) is 16.6 Å². The van der Waals surface area contributed by atoms with Crippen molar-refractivity contribution < 1.29 is 19.1 Å². The Labute approximate surface area is 176 Å². The summed E-state index contributed by atoms with van der Waals surface area (Å²) >= 11 is 0. The van der Waals surface area contributed by atoms with Crippen LogP contribution in [0.3, 0.4) is 0 Å². The second kappa shape index (κ2) is 6.37. The molecular weight excluding hydrogens is 376 g/mol. The van der Waals surface area contributed by atoms with Crippen molar-refractivity contribution in [3.63, 3.8) is 0 Å². The van der Waals surface area contributed by atoms with Crippen LogP contribution in [0.2, 0.25) is 0 Å². The van der Waals surface area contributed by atoms with E-state index in [-0.39, 0.29) is 17.4 Å². The molecule has 0 unspecified atom stereocenters. The van der Waals surface area contributed by atoms with E-state index in [4.69, 9.17) is 14.3 Å². The third-order valence-corrected chi connectivity index (χ3v) is 6.33. The van der Waals surface area contributed by atoms with Crippen LogP contribution in [0.4, 0.5) is 0 Å². The lowest BCUT2D eigenvalue weighted by molar-refractivity contribution is -0.136. The Kier molecular flexibility index (Phi) is 4.08. The molecule has 3 aromatic rings. The molecule has 2 heterocycles. The van der Waals surface area contributed by atoms with Crippen molar-refractivity contribution in [2.45, 2.75) is 70.3 Å². The first-order chi connectivity index (χ1) is 14.1. The predicted molar refractivity (Wildman–Crippen MR) is 117 cm³/mol. The number of carbonyl (C=O) groups is 1. The highest BCUT2D eigenvalue weighted by atomic mass is 16.5. The van der Waals surface area contributed by atoms with E-state index in [1.54, 1.807) is 0 Å². The number of hydrogen-bond donors (Lipinski definition) is 1. The number of hydrogen-bond acceptors (Lipinski definition) is 3. The Hall–Kier alpha value is -2.75. The average Bonchev–Trinajstić information content (AvgIpc) is 3.38. The van der Waals surface area contributed by atoms with Crippen molar-refractivity contribution in [2.75, 3.05) is 0 Å². The van der Waals surface area contributed by atoms with Gasteiger partial charge in [-0.05, 0) is 85.9 Å². The van der Waals surface area contributed by atoms with Gasteiger partial charge in [0.25, 0.3) is 0 Å². The van der Waals surface area contributed by atoms with E-state index in [9.17, 15) is 4.79 Å². The van der Waals surface area contributed by atoms with Crippen molar-refractivity contribution in [3.8, 4) is 17.1 Å². The number of rotatable bonds is 4. The zero-order chi connectivity index (χ0) is 21.3. The molecule has 30 heavy (non-hydrogen) atoms. The fraction of sp³-hybridized carbons (Fsp3) is 0.423. The van der Waals surface area contributed by atoms with E-state index >= 15 is 0 Å². The maximum atomic E-state index is 11.0. The number of carboxylic acids is 1. The van der Waals surface area contributed by atoms with E-state index < -0.39 is 5.97 Å². The van der Waals surface area contributed by atoms with Crippen molar-refractivity contribution in [1.82, 2.24) is 0 Å². The van der Waals surface area contributed by atoms with Crippen molar-refractivity contribution in [2.24, 2.45) is 0 Å². The lowest BCUT2D eigenvalue weighted by Crippen LogP contribution is -2.41. The van der Waals surface area contributed by atoms with E-state index in [1.807, 2.05) is 24.3 Å². The molecule has 0 radical (unpaired) electrons. The fourth-order valence-electron chi connectivity index (χ4n) is 5.10. The average molecular weight is 405 g/mol. The Morgan fingerprint density at radius 1 is 1.10 bits per heavy atom. The van der Waals surface area contributed by atoms with Gasteiger partial charge in [-0.1, -0.05) is 19.9 Å². The van der Waals surface area contributed by atoms with Crippen molar-refractivity contribution >= 4 is 16.9 Å². The predicted octanol–water partition coefficient (Wildman–Crippen LogP) is 6.44. The summed E-state index contributed by atoms with van der Waals surface area (Å²) in [5, 5.41) is 10.0. The molecule has 2 aliphatic rings. The molecule has 1 fully saturated rings. The summed E-state index contributed by atoms with van der Waals surface area (Å²) in [5.41, 5.74) is 5.02. The number of fused-ring (bicyclic) bond motifs is 2. The van der Waals surface area contributed by atoms with Crippen LogP contribution in [0.1, 0.15) is 69.6 Å². The van der Waals surface area contributed by atoms with E-state index in [0.29, 0.717) is 5.92 Å². The van der Waals surface area contributed by atoms with Gasteiger partial charge in [-0.15, -0.1) is 0 Å². The summed E-state index contributed by atoms with van der Waals surface area (Å²) in [6.45, 7) is 8.95. The van der Waals surface area contributed by atoms with E-state index in [2.05, 4.69) is 39.8 Å². The van der Waals surface area contributed by atoms with Gasteiger partial charge in [0.2, 0.25) is 0 Å². The number of aliphatic carboxylic acids is 1. The second-order valence-electron chi connectivity index (χ2n) is 10.2. The van der Waals surface area contributed by atoms with Crippen LogP contribution in [0.15, 0.2) is 40.8 Å². The fourth-order valence-corrected chi connectivity index (χ4v) is 5.10. The minimum Gasteiger partial charge on any atom is -0.487 e. The maximum absolute atomic E-state index is 11.0. The van der Waals surface area contributed by atoms with Gasteiger partial charge in [-0.2, -0.15) is 0 Å². The van der Waals surface area contributed by atoms with Gasteiger partial charge in [0.1, 0.15) is 22.7 Å². The molecule has 4 nitrogen and oxygen atoms in total. The molecule has 4 heteroatoms. The van der Waals surface area contributed by atoms with Crippen LogP contribution in [0.25, 0.3) is 22.3 Å². The largest absolute Gasteiger partial charge is 0.487 e. The summed E-state index contributed by atoms with van der Waals surface area (Å²) in [6, 6.07) is 12.1. The first-order valence-electron chi connectivity index (χ1n) is 10.7. The van der Waals surface area contributed by atoms with E-state index in [0.717, 1.165) is 40.0 Å². The zero-order valence-electron chi connectivity index (χ0n) is 18.0. The topological polar surface area (TPSA) is 59.7 Å². The molecule has 2 aromatic carbocycles. The Morgan fingerprint density at radius 3 is 2.57 bits per heavy atom. The Bertz CT molecular complexity index is 1160. The standard InChI is InChI=1S/C26H28O4/c1-25(2)14-26(3,4)30-24-19(16-6-7-16)11-18(12-20(24)25)22-13-17-9-15(10-23(27)28)5-8-21(17)29-22/h5,8-9,11-13,16H,6-7,10,14H2,1-4H3,(H,27,28). The number of carboxylic acid groups (broad SMARTS) is 1. The third-order valence-electron chi connectivity index (χ3n) is 6.33. The summed E-state index contributed by atoms with van der Waals surface area (Å²) in [7, 11) is 0. The molecule has 0 spiro atoms. The first-order valence-corrected chi connectivity index (χ1v) is 10.7. The molecule has 0 bridgehead atoms. The SMILES string of the molecule is CC1(C)CC(C)(C)c2cc(-c3cc4cc(CC(=O)O)ccc4o3)cc(C3CC3)c2O1. The minimum atomic E-state index is -0.827. The van der Waals surface area contributed by atoms with E-state index in [1.165, 1.54) is 24.0 Å². The molecule has 0 atom stereocenters. The Balaban J connectivity index is 1.63. The van der Waals surface area contributed by atoms with Gasteiger partial charge in [0.05, 0.1) is 6.42 Å². The second-order valence-corrected chi connectivity index (χ2v) is 10.2. The summed E-state index contributed by atoms with van der Waals surface area (Å²) in [6.07, 6.45) is 3.39. The first kappa shape index (κ1) is 19.2. The molecule has 0 saturated heterocycles. The van der Waals surface area contributed by atoms with Crippen LogP contribution < -0.4 is 4.74 Å². The maximum Gasteiger partial charge on any atom is 0.307 e. The smallest absolute Gasteiger partial charge is 0.307 e.